The van der Waals surface area contributed by atoms with Gasteiger partial charge in [-0.25, -0.2) is 0 Å². The van der Waals surface area contributed by atoms with Crippen molar-refractivity contribution < 1.29 is 4.79 Å². The predicted molar refractivity (Wildman–Crippen MR) is 82.3 cm³/mol. The molecule has 1 fully saturated rings. The molecule has 0 bridgehead atoms. The first kappa shape index (κ1) is 13.4. The molecule has 2 atom stereocenters. The molecule has 0 spiro atoms. The minimum atomic E-state index is 0.111. The zero-order valence-corrected chi connectivity index (χ0v) is 12.3. The van der Waals surface area contributed by atoms with Gasteiger partial charge in [-0.2, -0.15) is 0 Å². The summed E-state index contributed by atoms with van der Waals surface area (Å²) in [7, 11) is 2.09. The van der Waals surface area contributed by atoms with Gasteiger partial charge in [0.05, 0.1) is 17.3 Å². The van der Waals surface area contributed by atoms with Crippen LogP contribution in [0.25, 0.3) is 0 Å². The van der Waals surface area contributed by atoms with Crippen molar-refractivity contribution in [2.75, 3.05) is 36.5 Å². The van der Waals surface area contributed by atoms with E-state index in [1.54, 1.807) is 0 Å². The highest BCUT2D eigenvalue weighted by Crippen LogP contribution is 2.33. The van der Waals surface area contributed by atoms with E-state index >= 15 is 0 Å². The summed E-state index contributed by atoms with van der Waals surface area (Å²) >= 11 is 0. The normalized spacial score (nSPS) is 26.3. The van der Waals surface area contributed by atoms with E-state index in [1.165, 1.54) is 0 Å². The number of nitrogens with zero attached hydrogens (tertiary/aromatic N) is 2. The van der Waals surface area contributed by atoms with Crippen LogP contribution in [0.15, 0.2) is 24.3 Å². The molecule has 1 aromatic rings. The summed E-state index contributed by atoms with van der Waals surface area (Å²) in [4.78, 5) is 17.1. The lowest BCUT2D eigenvalue weighted by atomic mass is 9.90. The van der Waals surface area contributed by atoms with Gasteiger partial charge >= 0.3 is 0 Å². The van der Waals surface area contributed by atoms with Crippen molar-refractivity contribution in [3.8, 4) is 0 Å². The van der Waals surface area contributed by atoms with Gasteiger partial charge in [0.15, 0.2) is 0 Å². The van der Waals surface area contributed by atoms with Crippen molar-refractivity contribution in [3.63, 3.8) is 0 Å². The Morgan fingerprint density at radius 1 is 1.25 bits per heavy atom. The van der Waals surface area contributed by atoms with E-state index in [4.69, 9.17) is 0 Å². The first-order valence-corrected chi connectivity index (χ1v) is 7.53. The second-order valence-corrected chi connectivity index (χ2v) is 5.89. The van der Waals surface area contributed by atoms with Crippen LogP contribution in [0, 0.1) is 5.92 Å². The summed E-state index contributed by atoms with van der Waals surface area (Å²) in [6.45, 7) is 4.85. The Morgan fingerprint density at radius 3 is 2.75 bits per heavy atom. The highest BCUT2D eigenvalue weighted by molar-refractivity contribution is 5.99. The zero-order chi connectivity index (χ0) is 14.1. The maximum absolute atomic E-state index is 12.9. The van der Waals surface area contributed by atoms with Crippen LogP contribution in [0.1, 0.15) is 19.8 Å². The van der Waals surface area contributed by atoms with E-state index in [1.807, 2.05) is 17.0 Å². The number of anilines is 2. The molecular weight excluding hydrogens is 250 g/mol. The number of benzene rings is 1. The molecule has 4 heteroatoms. The topological polar surface area (TPSA) is 35.6 Å². The Balaban J connectivity index is 1.87. The predicted octanol–water partition coefficient (Wildman–Crippen LogP) is 1.86. The summed E-state index contributed by atoms with van der Waals surface area (Å²) in [5, 5.41) is 3.43. The monoisotopic (exact) mass is 273 g/mol. The lowest BCUT2D eigenvalue weighted by molar-refractivity contribution is -0.123. The van der Waals surface area contributed by atoms with Crippen molar-refractivity contribution in [1.82, 2.24) is 5.32 Å². The molecular formula is C16H23N3O. The number of hydrogen-bond acceptors (Lipinski definition) is 3. The van der Waals surface area contributed by atoms with Crippen molar-refractivity contribution in [1.29, 1.82) is 0 Å². The van der Waals surface area contributed by atoms with Crippen LogP contribution in [0.5, 0.6) is 0 Å². The SMILES string of the molecule is CC1NCCCC1C(=O)N1CCN(C)c2ccccc21. The number of nitrogens with one attached hydrogen (secondary N) is 1. The van der Waals surface area contributed by atoms with E-state index in [-0.39, 0.29) is 17.9 Å². The third-order valence-corrected chi connectivity index (χ3v) is 4.59. The fourth-order valence-corrected chi connectivity index (χ4v) is 3.32. The van der Waals surface area contributed by atoms with Gasteiger partial charge in [0.25, 0.3) is 0 Å². The van der Waals surface area contributed by atoms with Gasteiger partial charge in [-0.05, 0) is 38.4 Å². The van der Waals surface area contributed by atoms with Gasteiger partial charge in [-0.1, -0.05) is 12.1 Å². The molecule has 1 saturated heterocycles. The molecule has 2 heterocycles. The number of likely N-dealkylation sites (N-methyl/N-ethyl adjacent to an activating group) is 1. The van der Waals surface area contributed by atoms with Crippen molar-refractivity contribution in [2.24, 2.45) is 5.92 Å². The lowest BCUT2D eigenvalue weighted by Gasteiger charge is -2.39. The Hall–Kier alpha value is -1.55. The fraction of sp³-hybridized carbons (Fsp3) is 0.562. The van der Waals surface area contributed by atoms with Gasteiger partial charge in [0.1, 0.15) is 0 Å². The molecule has 2 aliphatic heterocycles. The molecule has 1 amide bonds. The zero-order valence-electron chi connectivity index (χ0n) is 12.3. The molecule has 1 N–H and O–H groups in total. The molecule has 3 rings (SSSR count). The summed E-state index contributed by atoms with van der Waals surface area (Å²) in [5.74, 6) is 0.394. The van der Waals surface area contributed by atoms with Gasteiger partial charge in [0.2, 0.25) is 5.91 Å². The molecule has 0 saturated carbocycles. The third-order valence-electron chi connectivity index (χ3n) is 4.59. The first-order chi connectivity index (χ1) is 9.68. The highest BCUT2D eigenvalue weighted by Gasteiger charge is 2.34. The van der Waals surface area contributed by atoms with Crippen LogP contribution in [0.4, 0.5) is 11.4 Å². The molecule has 20 heavy (non-hydrogen) atoms. The second-order valence-electron chi connectivity index (χ2n) is 5.89. The standard InChI is InChI=1S/C16H23N3O/c1-12-13(6-5-9-17-12)16(20)19-11-10-18(2)14-7-3-4-8-15(14)19/h3-4,7-8,12-13,17H,5-6,9-11H2,1-2H3. The number of fused-ring (bicyclic) bond motifs is 1. The number of carbonyl (C=O) groups excluding carboxylic acids is 1. The Labute approximate surface area is 120 Å². The van der Waals surface area contributed by atoms with Gasteiger partial charge in [0, 0.05) is 26.2 Å². The minimum absolute atomic E-state index is 0.111. The first-order valence-electron chi connectivity index (χ1n) is 7.53. The summed E-state index contributed by atoms with van der Waals surface area (Å²) < 4.78 is 0. The molecule has 2 unspecified atom stereocenters. The van der Waals surface area contributed by atoms with Crippen LogP contribution < -0.4 is 15.1 Å². The summed E-state index contributed by atoms with van der Waals surface area (Å²) in [5.41, 5.74) is 2.22. The number of amides is 1. The van der Waals surface area contributed by atoms with Crippen LogP contribution in [0.2, 0.25) is 0 Å². The number of carbonyl (C=O) groups is 1. The molecule has 108 valence electrons. The van der Waals surface area contributed by atoms with E-state index in [0.29, 0.717) is 0 Å². The van der Waals surface area contributed by atoms with Crippen LogP contribution >= 0.6 is 0 Å². The molecule has 0 aliphatic carbocycles. The highest BCUT2D eigenvalue weighted by atomic mass is 16.2. The summed E-state index contributed by atoms with van der Waals surface area (Å²) in [6.07, 6.45) is 2.09. The lowest BCUT2D eigenvalue weighted by Crippen LogP contribution is -2.51. The average molecular weight is 273 g/mol. The largest absolute Gasteiger partial charge is 0.371 e. The second kappa shape index (κ2) is 5.44. The maximum Gasteiger partial charge on any atom is 0.231 e. The van der Waals surface area contributed by atoms with Crippen molar-refractivity contribution in [2.45, 2.75) is 25.8 Å². The van der Waals surface area contributed by atoms with E-state index in [0.717, 1.165) is 43.9 Å². The van der Waals surface area contributed by atoms with E-state index < -0.39 is 0 Å². The fourth-order valence-electron chi connectivity index (χ4n) is 3.32. The van der Waals surface area contributed by atoms with Crippen LogP contribution in [-0.4, -0.2) is 38.6 Å². The van der Waals surface area contributed by atoms with Gasteiger partial charge in [-0.15, -0.1) is 0 Å². The Morgan fingerprint density at radius 2 is 2.00 bits per heavy atom. The molecule has 2 aliphatic rings. The Bertz CT molecular complexity index is 502. The smallest absolute Gasteiger partial charge is 0.231 e. The number of piperidine rings is 1. The van der Waals surface area contributed by atoms with Crippen molar-refractivity contribution in [3.05, 3.63) is 24.3 Å². The number of hydrogen-bond donors (Lipinski definition) is 1. The molecule has 4 nitrogen and oxygen atoms in total. The van der Waals surface area contributed by atoms with Crippen LogP contribution in [0.3, 0.4) is 0 Å². The van der Waals surface area contributed by atoms with Gasteiger partial charge < -0.3 is 15.1 Å². The molecule has 0 radical (unpaired) electrons. The Kier molecular flexibility index (Phi) is 3.66. The van der Waals surface area contributed by atoms with Gasteiger partial charge in [-0.3, -0.25) is 4.79 Å². The maximum atomic E-state index is 12.9. The average Bonchev–Trinajstić information content (AvgIpc) is 2.48. The van der Waals surface area contributed by atoms with E-state index in [2.05, 4.69) is 36.3 Å². The van der Waals surface area contributed by atoms with E-state index in [9.17, 15) is 4.79 Å². The number of rotatable bonds is 1. The number of para-hydroxylation sites is 2. The third kappa shape index (κ3) is 2.29. The minimum Gasteiger partial charge on any atom is -0.371 e. The molecule has 0 aromatic heterocycles. The summed E-state index contributed by atoms with van der Waals surface area (Å²) in [6, 6.07) is 8.49. The quantitative estimate of drug-likeness (QED) is 0.848. The molecule has 1 aromatic carbocycles. The van der Waals surface area contributed by atoms with Crippen LogP contribution in [-0.2, 0) is 4.79 Å². The van der Waals surface area contributed by atoms with Crippen molar-refractivity contribution >= 4 is 17.3 Å².